The standard InChI is InChI=1S/C29H21BrFN5O4/c1-2-32-28(38)24-16-21(11-13-33-24)40-20-8-6-19(7-9-20)35-27(37)22-14-17-4-3-12-34-26(17)36(29(22)39)25-10-5-18(30)15-23(25)31/h3-16H,2H2,1H3,(H,32,38)(H,35,37). The van der Waals surface area contributed by atoms with Crippen LogP contribution in [0, 0.1) is 5.82 Å². The van der Waals surface area contributed by atoms with E-state index in [4.69, 9.17) is 4.74 Å². The zero-order valence-electron chi connectivity index (χ0n) is 21.0. The second-order valence-corrected chi connectivity index (χ2v) is 9.44. The minimum absolute atomic E-state index is 0.0282. The van der Waals surface area contributed by atoms with Crippen molar-refractivity contribution in [3.05, 3.63) is 117 Å². The number of halogens is 2. The molecular formula is C29H21BrFN5O4. The molecule has 0 radical (unpaired) electrons. The Kier molecular flexibility index (Phi) is 7.65. The summed E-state index contributed by atoms with van der Waals surface area (Å²) in [5.41, 5.74) is -0.0781. The first-order chi connectivity index (χ1) is 19.3. The number of hydrogen-bond acceptors (Lipinski definition) is 6. The smallest absolute Gasteiger partial charge is 0.270 e. The molecule has 0 aliphatic carbocycles. The molecule has 5 rings (SSSR count). The molecular weight excluding hydrogens is 581 g/mol. The number of nitrogens with zero attached hydrogens (tertiary/aromatic N) is 3. The van der Waals surface area contributed by atoms with Gasteiger partial charge in [0, 0.05) is 40.6 Å². The lowest BCUT2D eigenvalue weighted by Gasteiger charge is -2.13. The average Bonchev–Trinajstić information content (AvgIpc) is 2.95. The number of amides is 2. The Morgan fingerprint density at radius 3 is 2.50 bits per heavy atom. The van der Waals surface area contributed by atoms with Crippen LogP contribution in [0.3, 0.4) is 0 Å². The molecule has 0 bridgehead atoms. The lowest BCUT2D eigenvalue weighted by molar-refractivity contribution is 0.0949. The molecule has 0 saturated heterocycles. The summed E-state index contributed by atoms with van der Waals surface area (Å²) in [6, 6.07) is 18.7. The SMILES string of the molecule is CCNC(=O)c1cc(Oc2ccc(NC(=O)c3cc4cccnc4n(-c4ccc(Br)cc4F)c3=O)cc2)ccn1. The van der Waals surface area contributed by atoms with Crippen molar-refractivity contribution in [2.75, 3.05) is 11.9 Å². The maximum absolute atomic E-state index is 14.9. The van der Waals surface area contributed by atoms with Crippen LogP contribution in [0.4, 0.5) is 10.1 Å². The summed E-state index contributed by atoms with van der Waals surface area (Å²) in [7, 11) is 0. The number of anilines is 1. The average molecular weight is 602 g/mol. The molecule has 0 spiro atoms. The quantitative estimate of drug-likeness (QED) is 0.255. The van der Waals surface area contributed by atoms with Gasteiger partial charge in [-0.25, -0.2) is 9.37 Å². The first-order valence-electron chi connectivity index (χ1n) is 12.1. The van der Waals surface area contributed by atoms with Crippen molar-refractivity contribution in [3.8, 4) is 17.2 Å². The third-order valence-electron chi connectivity index (χ3n) is 5.81. The highest BCUT2D eigenvalue weighted by atomic mass is 79.9. The normalized spacial score (nSPS) is 10.8. The van der Waals surface area contributed by atoms with E-state index >= 15 is 0 Å². The van der Waals surface area contributed by atoms with Crippen molar-refractivity contribution in [2.24, 2.45) is 0 Å². The summed E-state index contributed by atoms with van der Waals surface area (Å²) in [6.07, 6.45) is 2.96. The van der Waals surface area contributed by atoms with Gasteiger partial charge in [0.1, 0.15) is 34.2 Å². The van der Waals surface area contributed by atoms with Gasteiger partial charge in [-0.1, -0.05) is 15.9 Å². The Hall–Kier alpha value is -4.90. The maximum Gasteiger partial charge on any atom is 0.270 e. The molecule has 9 nitrogen and oxygen atoms in total. The van der Waals surface area contributed by atoms with Crippen LogP contribution >= 0.6 is 15.9 Å². The van der Waals surface area contributed by atoms with Gasteiger partial charge in [0.05, 0.1) is 5.69 Å². The molecule has 0 unspecified atom stereocenters. The number of benzene rings is 2. The number of nitrogens with one attached hydrogen (secondary N) is 2. The monoisotopic (exact) mass is 601 g/mol. The van der Waals surface area contributed by atoms with Crippen LogP contribution in [0.5, 0.6) is 11.5 Å². The summed E-state index contributed by atoms with van der Waals surface area (Å²) in [6.45, 7) is 2.29. The van der Waals surface area contributed by atoms with Crippen LogP contribution in [-0.4, -0.2) is 32.9 Å². The van der Waals surface area contributed by atoms with Gasteiger partial charge in [0.2, 0.25) is 0 Å². The van der Waals surface area contributed by atoms with Crippen LogP contribution in [0.25, 0.3) is 16.7 Å². The van der Waals surface area contributed by atoms with Crippen molar-refractivity contribution < 1.29 is 18.7 Å². The van der Waals surface area contributed by atoms with E-state index in [0.29, 0.717) is 33.6 Å². The fourth-order valence-corrected chi connectivity index (χ4v) is 4.32. The van der Waals surface area contributed by atoms with Crippen molar-refractivity contribution in [1.82, 2.24) is 19.9 Å². The van der Waals surface area contributed by atoms with Crippen LogP contribution in [0.2, 0.25) is 0 Å². The second kappa shape index (κ2) is 11.5. The molecule has 0 aliphatic heterocycles. The number of fused-ring (bicyclic) bond motifs is 1. The molecule has 0 fully saturated rings. The molecule has 2 N–H and O–H groups in total. The van der Waals surface area contributed by atoms with Gasteiger partial charge in [0.15, 0.2) is 0 Å². The molecule has 2 aromatic carbocycles. The lowest BCUT2D eigenvalue weighted by atomic mass is 10.1. The third-order valence-corrected chi connectivity index (χ3v) is 6.30. The first-order valence-corrected chi connectivity index (χ1v) is 12.9. The van der Waals surface area contributed by atoms with Crippen molar-refractivity contribution >= 4 is 44.5 Å². The first kappa shape index (κ1) is 26.7. The van der Waals surface area contributed by atoms with E-state index in [2.05, 4.69) is 36.5 Å². The molecule has 11 heteroatoms. The molecule has 0 atom stereocenters. The van der Waals surface area contributed by atoms with Gasteiger partial charge in [0.25, 0.3) is 17.4 Å². The minimum Gasteiger partial charge on any atom is -0.457 e. The molecule has 3 aromatic heterocycles. The van der Waals surface area contributed by atoms with Gasteiger partial charge < -0.3 is 15.4 Å². The molecule has 0 aliphatic rings. The maximum atomic E-state index is 14.9. The zero-order chi connectivity index (χ0) is 28.2. The van der Waals surface area contributed by atoms with Gasteiger partial charge in [-0.05, 0) is 73.7 Å². The fourth-order valence-electron chi connectivity index (χ4n) is 3.98. The highest BCUT2D eigenvalue weighted by Crippen LogP contribution is 2.25. The summed E-state index contributed by atoms with van der Waals surface area (Å²) >= 11 is 3.21. The number of aromatic nitrogens is 3. The minimum atomic E-state index is -0.717. The molecule has 3 heterocycles. The van der Waals surface area contributed by atoms with Crippen LogP contribution in [0.15, 0.2) is 94.5 Å². The topological polar surface area (TPSA) is 115 Å². The predicted octanol–water partition coefficient (Wildman–Crippen LogP) is 5.48. The van der Waals surface area contributed by atoms with Crippen LogP contribution in [-0.2, 0) is 0 Å². The van der Waals surface area contributed by atoms with E-state index in [9.17, 15) is 18.8 Å². The summed E-state index contributed by atoms with van der Waals surface area (Å²) < 4.78 is 22.3. The third kappa shape index (κ3) is 5.59. The van der Waals surface area contributed by atoms with E-state index in [1.807, 2.05) is 6.92 Å². The number of rotatable bonds is 7. The Labute approximate surface area is 235 Å². The van der Waals surface area contributed by atoms with E-state index in [1.54, 1.807) is 48.5 Å². The van der Waals surface area contributed by atoms with E-state index in [-0.39, 0.29) is 28.5 Å². The van der Waals surface area contributed by atoms with Crippen molar-refractivity contribution in [3.63, 3.8) is 0 Å². The Bertz CT molecular complexity index is 1810. The van der Waals surface area contributed by atoms with E-state index < -0.39 is 17.3 Å². The van der Waals surface area contributed by atoms with E-state index in [0.717, 1.165) is 4.57 Å². The fraction of sp³-hybridized carbons (Fsp3) is 0.0690. The lowest BCUT2D eigenvalue weighted by Crippen LogP contribution is -2.29. The molecule has 5 aromatic rings. The van der Waals surface area contributed by atoms with Crippen LogP contribution in [0.1, 0.15) is 27.8 Å². The largest absolute Gasteiger partial charge is 0.457 e. The summed E-state index contributed by atoms with van der Waals surface area (Å²) in [4.78, 5) is 47.0. The number of ether oxygens (including phenoxy) is 1. The molecule has 0 saturated carbocycles. The Morgan fingerprint density at radius 2 is 1.75 bits per heavy atom. The van der Waals surface area contributed by atoms with Crippen molar-refractivity contribution in [2.45, 2.75) is 6.92 Å². The molecule has 2 amide bonds. The number of pyridine rings is 3. The number of carbonyl (C=O) groups is 2. The zero-order valence-corrected chi connectivity index (χ0v) is 22.6. The molecule has 40 heavy (non-hydrogen) atoms. The van der Waals surface area contributed by atoms with Gasteiger partial charge in [-0.3, -0.25) is 23.9 Å². The summed E-state index contributed by atoms with van der Waals surface area (Å²) in [5, 5.41) is 5.87. The van der Waals surface area contributed by atoms with Crippen LogP contribution < -0.4 is 20.9 Å². The van der Waals surface area contributed by atoms with Gasteiger partial charge >= 0.3 is 0 Å². The second-order valence-electron chi connectivity index (χ2n) is 8.53. The Morgan fingerprint density at radius 1 is 0.950 bits per heavy atom. The Balaban J connectivity index is 1.40. The molecule has 200 valence electrons. The van der Waals surface area contributed by atoms with Gasteiger partial charge in [-0.15, -0.1) is 0 Å². The highest BCUT2D eigenvalue weighted by Gasteiger charge is 2.19. The number of hydrogen-bond donors (Lipinski definition) is 2. The highest BCUT2D eigenvalue weighted by molar-refractivity contribution is 9.10. The van der Waals surface area contributed by atoms with Gasteiger partial charge in [-0.2, -0.15) is 0 Å². The van der Waals surface area contributed by atoms with Crippen molar-refractivity contribution in [1.29, 1.82) is 0 Å². The summed E-state index contributed by atoms with van der Waals surface area (Å²) in [5.74, 6) is -0.757. The number of carbonyl (C=O) groups excluding carboxylic acids is 2. The predicted molar refractivity (Wildman–Crippen MR) is 152 cm³/mol. The van der Waals surface area contributed by atoms with E-state index in [1.165, 1.54) is 36.7 Å².